The van der Waals surface area contributed by atoms with Crippen molar-refractivity contribution in [3.8, 4) is 11.5 Å². The number of ether oxygens (including phenoxy) is 2. The average Bonchev–Trinajstić information content (AvgIpc) is 2.80. The summed E-state index contributed by atoms with van der Waals surface area (Å²) in [6, 6.07) is 18.4. The summed E-state index contributed by atoms with van der Waals surface area (Å²) in [6.45, 7) is 1.07. The van der Waals surface area contributed by atoms with E-state index in [-0.39, 0.29) is 13.2 Å². The minimum atomic E-state index is -0.654. The number of nitrogens with one attached hydrogen (secondary N) is 4. The standard InChI is InChI=1S/C22H26N4O4/c27-17(13-25-21-5-1-3-11-23-21)15-29-19-7-9-20(10-8-19)30-16-18(28)14-26-22-6-2-4-12-24-22/h1-12,17-18,27-28H,13-16H2,(H,23,25)(H,24,26)/p+2/t17-,18-/m0/s1. The largest absolute Gasteiger partial charge is 0.491 e. The lowest BCUT2D eigenvalue weighted by Gasteiger charge is -2.13. The van der Waals surface area contributed by atoms with Crippen LogP contribution in [0.5, 0.6) is 11.5 Å². The molecule has 0 aliphatic carbocycles. The van der Waals surface area contributed by atoms with Gasteiger partial charge in [-0.25, -0.2) is 9.97 Å². The fourth-order valence-corrected chi connectivity index (χ4v) is 2.60. The van der Waals surface area contributed by atoms with E-state index in [4.69, 9.17) is 9.47 Å². The third-order valence-corrected chi connectivity index (χ3v) is 4.18. The minimum Gasteiger partial charge on any atom is -0.491 e. The first kappa shape index (κ1) is 21.4. The van der Waals surface area contributed by atoms with E-state index in [1.54, 1.807) is 24.3 Å². The van der Waals surface area contributed by atoms with Gasteiger partial charge in [0.15, 0.2) is 0 Å². The van der Waals surface area contributed by atoms with Crippen LogP contribution in [0.25, 0.3) is 0 Å². The lowest BCUT2D eigenvalue weighted by atomic mass is 10.3. The molecule has 30 heavy (non-hydrogen) atoms. The summed E-state index contributed by atoms with van der Waals surface area (Å²) in [5.74, 6) is 2.93. The lowest BCUT2D eigenvalue weighted by molar-refractivity contribution is -0.361. The highest BCUT2D eigenvalue weighted by Gasteiger charge is 2.11. The van der Waals surface area contributed by atoms with Crippen LogP contribution in [0, 0.1) is 0 Å². The summed E-state index contributed by atoms with van der Waals surface area (Å²) < 4.78 is 11.2. The van der Waals surface area contributed by atoms with Crippen LogP contribution in [-0.2, 0) is 0 Å². The van der Waals surface area contributed by atoms with Gasteiger partial charge in [-0.1, -0.05) is 12.1 Å². The Labute approximate surface area is 175 Å². The van der Waals surface area contributed by atoms with Crippen LogP contribution in [0.2, 0.25) is 0 Å². The second kappa shape index (κ2) is 11.6. The predicted octanol–water partition coefficient (Wildman–Crippen LogP) is 1.02. The van der Waals surface area contributed by atoms with E-state index in [0.29, 0.717) is 24.6 Å². The number of hydrogen-bond donors (Lipinski definition) is 4. The summed E-state index contributed by atoms with van der Waals surface area (Å²) in [5.41, 5.74) is 0. The molecule has 0 aliphatic heterocycles. The van der Waals surface area contributed by atoms with E-state index in [0.717, 1.165) is 11.6 Å². The topological polar surface area (TPSA) is 111 Å². The Morgan fingerprint density at radius 3 is 1.47 bits per heavy atom. The van der Waals surface area contributed by atoms with Crippen LogP contribution in [-0.4, -0.2) is 48.7 Å². The Kier molecular flexibility index (Phi) is 8.25. The predicted molar refractivity (Wildman–Crippen MR) is 112 cm³/mol. The molecule has 1 aromatic carbocycles. The first-order chi connectivity index (χ1) is 14.7. The lowest BCUT2D eigenvalue weighted by Crippen LogP contribution is -2.28. The molecule has 0 radical (unpaired) electrons. The number of hydrogen-bond acceptors (Lipinski definition) is 6. The maximum Gasteiger partial charge on any atom is 0.272 e. The van der Waals surface area contributed by atoms with Gasteiger partial charge in [-0.3, -0.25) is 10.6 Å². The van der Waals surface area contributed by atoms with Gasteiger partial charge in [0.1, 0.15) is 50.0 Å². The number of aliphatic hydroxyl groups excluding tert-OH is 2. The van der Waals surface area contributed by atoms with Crippen LogP contribution in [0.4, 0.5) is 11.6 Å². The van der Waals surface area contributed by atoms with Crippen molar-refractivity contribution in [3.05, 3.63) is 73.1 Å². The molecule has 158 valence electrons. The Bertz CT molecular complexity index is 778. The van der Waals surface area contributed by atoms with E-state index in [2.05, 4.69) is 20.6 Å². The molecule has 0 unspecified atom stereocenters. The van der Waals surface area contributed by atoms with E-state index < -0.39 is 12.2 Å². The van der Waals surface area contributed by atoms with Gasteiger partial charge in [0.2, 0.25) is 0 Å². The number of aromatic amines is 2. The quantitative estimate of drug-likeness (QED) is 0.353. The smallest absolute Gasteiger partial charge is 0.272 e. The Balaban J connectivity index is 1.33. The second-order valence-corrected chi connectivity index (χ2v) is 6.72. The number of anilines is 2. The second-order valence-electron chi connectivity index (χ2n) is 6.72. The maximum absolute atomic E-state index is 10.0. The highest BCUT2D eigenvalue weighted by molar-refractivity contribution is 5.31. The van der Waals surface area contributed by atoms with Crippen LogP contribution < -0.4 is 30.1 Å². The zero-order valence-corrected chi connectivity index (χ0v) is 16.6. The van der Waals surface area contributed by atoms with E-state index in [9.17, 15) is 10.2 Å². The maximum atomic E-state index is 10.0. The molecule has 8 nitrogen and oxygen atoms in total. The third kappa shape index (κ3) is 7.57. The molecule has 2 atom stereocenters. The zero-order chi connectivity index (χ0) is 21.0. The molecular weight excluding hydrogens is 384 g/mol. The first-order valence-corrected chi connectivity index (χ1v) is 9.82. The van der Waals surface area contributed by atoms with Crippen molar-refractivity contribution < 1.29 is 29.7 Å². The molecule has 0 aliphatic rings. The van der Waals surface area contributed by atoms with Gasteiger partial charge in [0, 0.05) is 12.1 Å². The number of benzene rings is 1. The molecule has 0 amide bonds. The summed E-state index contributed by atoms with van der Waals surface area (Å²) in [6.07, 6.45) is 2.32. The molecular formula is C22H28N4O4+2. The van der Waals surface area contributed by atoms with Crippen molar-refractivity contribution in [2.45, 2.75) is 12.2 Å². The Morgan fingerprint density at radius 2 is 1.10 bits per heavy atom. The summed E-state index contributed by atoms with van der Waals surface area (Å²) in [4.78, 5) is 6.08. The number of pyridine rings is 2. The minimum absolute atomic E-state index is 0.168. The zero-order valence-electron chi connectivity index (χ0n) is 16.6. The van der Waals surface area contributed by atoms with Crippen molar-refractivity contribution in [2.75, 3.05) is 36.9 Å². The summed E-state index contributed by atoms with van der Waals surface area (Å²) >= 11 is 0. The van der Waals surface area contributed by atoms with Gasteiger partial charge in [-0.15, -0.1) is 0 Å². The summed E-state index contributed by atoms with van der Waals surface area (Å²) in [7, 11) is 0. The van der Waals surface area contributed by atoms with Crippen LogP contribution in [0.15, 0.2) is 73.1 Å². The van der Waals surface area contributed by atoms with Crippen molar-refractivity contribution in [1.82, 2.24) is 0 Å². The molecule has 0 saturated heterocycles. The van der Waals surface area contributed by atoms with Gasteiger partial charge >= 0.3 is 0 Å². The molecule has 0 bridgehead atoms. The molecule has 2 heterocycles. The molecule has 6 N–H and O–H groups in total. The van der Waals surface area contributed by atoms with Gasteiger partial charge in [0.25, 0.3) is 11.6 Å². The van der Waals surface area contributed by atoms with Crippen LogP contribution in [0.1, 0.15) is 0 Å². The fraction of sp³-hybridized carbons (Fsp3) is 0.273. The highest BCUT2D eigenvalue weighted by Crippen LogP contribution is 2.18. The first-order valence-electron chi connectivity index (χ1n) is 9.82. The molecule has 2 aromatic heterocycles. The Hall–Kier alpha value is -3.36. The number of H-pyrrole nitrogens is 2. The third-order valence-electron chi connectivity index (χ3n) is 4.18. The monoisotopic (exact) mass is 412 g/mol. The SMILES string of the molecule is O[C@@H](CNc1cccc[nH+]1)COc1ccc(OC[C@@H](O)CNc2cccc[nH+]2)cc1. The molecule has 0 spiro atoms. The number of rotatable bonds is 12. The molecule has 3 rings (SSSR count). The molecule has 3 aromatic rings. The molecule has 8 heteroatoms. The van der Waals surface area contributed by atoms with Crippen molar-refractivity contribution >= 4 is 11.6 Å². The summed E-state index contributed by atoms with van der Waals surface area (Å²) in [5, 5.41) is 26.3. The average molecular weight is 412 g/mol. The van der Waals surface area contributed by atoms with Crippen molar-refractivity contribution in [3.63, 3.8) is 0 Å². The van der Waals surface area contributed by atoms with E-state index >= 15 is 0 Å². The van der Waals surface area contributed by atoms with E-state index in [1.807, 2.05) is 48.8 Å². The van der Waals surface area contributed by atoms with E-state index in [1.165, 1.54) is 0 Å². The normalized spacial score (nSPS) is 12.6. The van der Waals surface area contributed by atoms with Gasteiger partial charge in [0.05, 0.1) is 12.4 Å². The van der Waals surface area contributed by atoms with Gasteiger partial charge in [-0.2, -0.15) is 0 Å². The molecule has 0 fully saturated rings. The van der Waals surface area contributed by atoms with Crippen LogP contribution in [0.3, 0.4) is 0 Å². The molecule has 0 saturated carbocycles. The van der Waals surface area contributed by atoms with Gasteiger partial charge < -0.3 is 19.7 Å². The highest BCUT2D eigenvalue weighted by atomic mass is 16.5. The van der Waals surface area contributed by atoms with Crippen molar-refractivity contribution in [2.24, 2.45) is 0 Å². The van der Waals surface area contributed by atoms with Gasteiger partial charge in [-0.05, 0) is 36.4 Å². The van der Waals surface area contributed by atoms with Crippen LogP contribution >= 0.6 is 0 Å². The Morgan fingerprint density at radius 1 is 0.667 bits per heavy atom. The van der Waals surface area contributed by atoms with Crippen molar-refractivity contribution in [1.29, 1.82) is 0 Å². The number of aromatic nitrogens is 2. The number of aliphatic hydroxyl groups is 2. The fourth-order valence-electron chi connectivity index (χ4n) is 2.60.